The van der Waals surface area contributed by atoms with E-state index in [1.165, 1.54) is 14.0 Å². The van der Waals surface area contributed by atoms with Gasteiger partial charge in [0.15, 0.2) is 5.54 Å². The SMILES string of the molecule is COCC(C)(NC(=O)C(C)(C)CNC(=O)OCC1c2ccccc2-c2ccccc21)C(=O)O. The highest BCUT2D eigenvalue weighted by molar-refractivity contribution is 5.90. The molecule has 8 nitrogen and oxygen atoms in total. The molecule has 1 aliphatic carbocycles. The minimum Gasteiger partial charge on any atom is -0.479 e. The molecule has 176 valence electrons. The lowest BCUT2D eigenvalue weighted by Gasteiger charge is -2.31. The number of fused-ring (bicyclic) bond motifs is 3. The summed E-state index contributed by atoms with van der Waals surface area (Å²) in [4.78, 5) is 36.6. The number of hydrogen-bond donors (Lipinski definition) is 3. The van der Waals surface area contributed by atoms with Crippen molar-refractivity contribution in [3.8, 4) is 11.1 Å². The van der Waals surface area contributed by atoms with Crippen molar-refractivity contribution in [2.75, 3.05) is 26.9 Å². The van der Waals surface area contributed by atoms with E-state index in [-0.39, 0.29) is 25.7 Å². The van der Waals surface area contributed by atoms with Gasteiger partial charge in [-0.2, -0.15) is 0 Å². The minimum atomic E-state index is -1.58. The molecular formula is C25H30N2O6. The first kappa shape index (κ1) is 24.3. The van der Waals surface area contributed by atoms with E-state index in [4.69, 9.17) is 9.47 Å². The van der Waals surface area contributed by atoms with Crippen molar-refractivity contribution in [1.29, 1.82) is 0 Å². The minimum absolute atomic E-state index is 0.0296. The van der Waals surface area contributed by atoms with Crippen LogP contribution < -0.4 is 10.6 Å². The topological polar surface area (TPSA) is 114 Å². The number of carboxylic acid groups (broad SMARTS) is 1. The monoisotopic (exact) mass is 454 g/mol. The van der Waals surface area contributed by atoms with Crippen LogP contribution in [0.25, 0.3) is 11.1 Å². The normalized spacial score (nSPS) is 14.5. The Morgan fingerprint density at radius 2 is 1.52 bits per heavy atom. The van der Waals surface area contributed by atoms with Gasteiger partial charge in [0, 0.05) is 19.6 Å². The molecule has 2 aromatic carbocycles. The van der Waals surface area contributed by atoms with Gasteiger partial charge >= 0.3 is 12.1 Å². The van der Waals surface area contributed by atoms with E-state index < -0.39 is 28.9 Å². The molecule has 8 heteroatoms. The summed E-state index contributed by atoms with van der Waals surface area (Å²) >= 11 is 0. The number of benzene rings is 2. The Kier molecular flexibility index (Phi) is 7.07. The van der Waals surface area contributed by atoms with E-state index in [1.807, 2.05) is 36.4 Å². The van der Waals surface area contributed by atoms with Gasteiger partial charge in [-0.05, 0) is 43.0 Å². The van der Waals surface area contributed by atoms with E-state index in [0.717, 1.165) is 22.3 Å². The lowest BCUT2D eigenvalue weighted by Crippen LogP contribution is -2.59. The largest absolute Gasteiger partial charge is 0.479 e. The number of ether oxygens (including phenoxy) is 2. The van der Waals surface area contributed by atoms with Gasteiger partial charge in [0.05, 0.1) is 12.0 Å². The quantitative estimate of drug-likeness (QED) is 0.536. The predicted molar refractivity (Wildman–Crippen MR) is 123 cm³/mol. The number of methoxy groups -OCH3 is 1. The van der Waals surface area contributed by atoms with Gasteiger partial charge in [-0.3, -0.25) is 4.79 Å². The Labute approximate surface area is 193 Å². The van der Waals surface area contributed by atoms with Crippen LogP contribution in [0, 0.1) is 5.41 Å². The molecule has 0 spiro atoms. The molecule has 0 heterocycles. The van der Waals surface area contributed by atoms with Gasteiger partial charge in [0.25, 0.3) is 0 Å². The fourth-order valence-electron chi connectivity index (χ4n) is 3.88. The van der Waals surface area contributed by atoms with Gasteiger partial charge in [0.2, 0.25) is 5.91 Å². The summed E-state index contributed by atoms with van der Waals surface area (Å²) in [6, 6.07) is 16.1. The molecule has 0 aliphatic heterocycles. The summed E-state index contributed by atoms with van der Waals surface area (Å²) in [5, 5.41) is 14.5. The number of carbonyl (C=O) groups excluding carboxylic acids is 2. The molecule has 1 unspecified atom stereocenters. The number of carboxylic acids is 1. The van der Waals surface area contributed by atoms with Crippen molar-refractivity contribution in [1.82, 2.24) is 10.6 Å². The third-order valence-electron chi connectivity index (χ3n) is 5.93. The first-order valence-corrected chi connectivity index (χ1v) is 10.7. The number of carbonyl (C=O) groups is 3. The second-order valence-corrected chi connectivity index (χ2v) is 9.09. The third-order valence-corrected chi connectivity index (χ3v) is 5.93. The second kappa shape index (κ2) is 9.62. The average Bonchev–Trinajstić information content (AvgIpc) is 3.10. The highest BCUT2D eigenvalue weighted by atomic mass is 16.5. The van der Waals surface area contributed by atoms with Crippen LogP contribution in [0.1, 0.15) is 37.8 Å². The van der Waals surface area contributed by atoms with Crippen molar-refractivity contribution < 1.29 is 29.0 Å². The van der Waals surface area contributed by atoms with Gasteiger partial charge in [-0.1, -0.05) is 48.5 Å². The third kappa shape index (κ3) is 5.17. The molecule has 0 fully saturated rings. The molecule has 2 amide bonds. The summed E-state index contributed by atoms with van der Waals surface area (Å²) in [5.41, 5.74) is 1.84. The predicted octanol–water partition coefficient (Wildman–Crippen LogP) is 3.16. The van der Waals surface area contributed by atoms with Crippen LogP contribution in [0.4, 0.5) is 4.79 Å². The Bertz CT molecular complexity index is 1010. The maximum atomic E-state index is 12.7. The van der Waals surface area contributed by atoms with Crippen molar-refractivity contribution in [3.05, 3.63) is 59.7 Å². The molecular weight excluding hydrogens is 424 g/mol. The van der Waals surface area contributed by atoms with E-state index in [1.54, 1.807) is 13.8 Å². The summed E-state index contributed by atoms with van der Waals surface area (Å²) < 4.78 is 10.4. The van der Waals surface area contributed by atoms with E-state index in [0.29, 0.717) is 0 Å². The molecule has 2 aromatic rings. The van der Waals surface area contributed by atoms with Crippen molar-refractivity contribution in [2.24, 2.45) is 5.41 Å². The van der Waals surface area contributed by atoms with Crippen LogP contribution in [0.5, 0.6) is 0 Å². The molecule has 0 radical (unpaired) electrons. The first-order valence-electron chi connectivity index (χ1n) is 10.7. The maximum Gasteiger partial charge on any atom is 0.407 e. The zero-order valence-corrected chi connectivity index (χ0v) is 19.3. The van der Waals surface area contributed by atoms with Crippen LogP contribution in [-0.2, 0) is 19.1 Å². The Balaban J connectivity index is 1.58. The van der Waals surface area contributed by atoms with Gasteiger partial charge in [-0.15, -0.1) is 0 Å². The molecule has 0 bridgehead atoms. The number of alkyl carbamates (subject to hydrolysis) is 1. The fraction of sp³-hybridized carbons (Fsp3) is 0.400. The Morgan fingerprint density at radius 3 is 2.03 bits per heavy atom. The summed E-state index contributed by atoms with van der Waals surface area (Å²) in [5.74, 6) is -1.80. The Hall–Kier alpha value is -3.39. The number of hydrogen-bond acceptors (Lipinski definition) is 5. The van der Waals surface area contributed by atoms with Crippen LogP contribution >= 0.6 is 0 Å². The van der Waals surface area contributed by atoms with Gasteiger partial charge in [0.1, 0.15) is 6.61 Å². The van der Waals surface area contributed by atoms with Crippen molar-refractivity contribution in [2.45, 2.75) is 32.2 Å². The maximum absolute atomic E-state index is 12.7. The van der Waals surface area contributed by atoms with Crippen LogP contribution in [0.2, 0.25) is 0 Å². The van der Waals surface area contributed by atoms with Crippen molar-refractivity contribution in [3.63, 3.8) is 0 Å². The molecule has 3 N–H and O–H groups in total. The second-order valence-electron chi connectivity index (χ2n) is 9.09. The smallest absolute Gasteiger partial charge is 0.407 e. The number of nitrogens with one attached hydrogen (secondary N) is 2. The van der Waals surface area contributed by atoms with Crippen molar-refractivity contribution >= 4 is 18.0 Å². The van der Waals surface area contributed by atoms with Crippen LogP contribution in [0.15, 0.2) is 48.5 Å². The highest BCUT2D eigenvalue weighted by Gasteiger charge is 2.39. The lowest BCUT2D eigenvalue weighted by molar-refractivity contribution is -0.150. The van der Waals surface area contributed by atoms with Gasteiger partial charge in [-0.25, -0.2) is 9.59 Å². The summed E-state index contributed by atoms with van der Waals surface area (Å²) in [6.07, 6.45) is -0.643. The number of rotatable bonds is 9. The zero-order valence-electron chi connectivity index (χ0n) is 19.3. The molecule has 1 atom stereocenters. The zero-order chi connectivity index (χ0) is 24.2. The van der Waals surface area contributed by atoms with E-state index in [2.05, 4.69) is 22.8 Å². The van der Waals surface area contributed by atoms with Crippen LogP contribution in [0.3, 0.4) is 0 Å². The Morgan fingerprint density at radius 1 is 0.970 bits per heavy atom. The number of aliphatic carboxylic acids is 1. The van der Waals surface area contributed by atoms with Crippen LogP contribution in [-0.4, -0.2) is 55.5 Å². The van der Waals surface area contributed by atoms with Gasteiger partial charge < -0.3 is 25.2 Å². The fourth-order valence-corrected chi connectivity index (χ4v) is 3.88. The average molecular weight is 455 g/mol. The molecule has 33 heavy (non-hydrogen) atoms. The molecule has 0 saturated heterocycles. The molecule has 1 aliphatic rings. The molecule has 0 saturated carbocycles. The summed E-state index contributed by atoms with van der Waals surface area (Å²) in [6.45, 7) is 4.54. The highest BCUT2D eigenvalue weighted by Crippen LogP contribution is 2.44. The van der Waals surface area contributed by atoms with E-state index in [9.17, 15) is 19.5 Å². The molecule has 3 rings (SSSR count). The molecule has 0 aromatic heterocycles. The standard InChI is InChI=1S/C25H30N2O6/c1-24(2,21(28)27-25(3,15-32-4)22(29)30)14-26-23(31)33-13-20-18-11-7-5-9-16(18)17-10-6-8-12-19(17)20/h5-12,20H,13-15H2,1-4H3,(H,26,31)(H,27,28)(H,29,30). The van der Waals surface area contributed by atoms with E-state index >= 15 is 0 Å². The summed E-state index contributed by atoms with van der Waals surface area (Å²) in [7, 11) is 1.36. The number of amides is 2. The first-order chi connectivity index (χ1) is 15.6. The lowest BCUT2D eigenvalue weighted by atomic mass is 9.90.